The molecule has 21 heavy (non-hydrogen) atoms. The zero-order valence-electron chi connectivity index (χ0n) is 13.2. The van der Waals surface area contributed by atoms with Crippen molar-refractivity contribution >= 4 is 0 Å². The maximum Gasteiger partial charge on any atom is 0.119 e. The van der Waals surface area contributed by atoms with Gasteiger partial charge in [0.05, 0.1) is 18.8 Å². The molecule has 1 fully saturated rings. The Hall–Kier alpha value is -1.10. The normalized spacial score (nSPS) is 29.6. The third-order valence-corrected chi connectivity index (χ3v) is 4.56. The first kappa shape index (κ1) is 16.3. The monoisotopic (exact) mass is 293 g/mol. The minimum atomic E-state index is -0.970. The van der Waals surface area contributed by atoms with E-state index in [2.05, 4.69) is 4.90 Å². The standard InChI is InChI=1S/C17H27NO3/c1-18(2)10-9-13-7-8-15(19)12-17(13,20)14-5-4-6-16(11-14)21-3/h4-6,11,13,15,19-20H,7-10,12H2,1-3H3/t13-,15-,17-/m1/s1. The van der Waals surface area contributed by atoms with Crippen LogP contribution >= 0.6 is 0 Å². The molecule has 1 saturated carbocycles. The summed E-state index contributed by atoms with van der Waals surface area (Å²) in [5.41, 5.74) is -0.119. The summed E-state index contributed by atoms with van der Waals surface area (Å²) in [6.45, 7) is 0.938. The second-order valence-corrected chi connectivity index (χ2v) is 6.38. The summed E-state index contributed by atoms with van der Waals surface area (Å²) >= 11 is 0. The Morgan fingerprint density at radius 2 is 2.10 bits per heavy atom. The van der Waals surface area contributed by atoms with Crippen LogP contribution in [-0.2, 0) is 5.60 Å². The van der Waals surface area contributed by atoms with E-state index in [0.717, 1.165) is 37.1 Å². The molecule has 1 aliphatic carbocycles. The molecular formula is C17H27NO3. The molecule has 0 aromatic heterocycles. The Morgan fingerprint density at radius 3 is 2.76 bits per heavy atom. The van der Waals surface area contributed by atoms with E-state index in [9.17, 15) is 10.2 Å². The van der Waals surface area contributed by atoms with E-state index in [4.69, 9.17) is 4.74 Å². The van der Waals surface area contributed by atoms with Gasteiger partial charge < -0.3 is 19.8 Å². The van der Waals surface area contributed by atoms with Crippen molar-refractivity contribution in [3.05, 3.63) is 29.8 Å². The van der Waals surface area contributed by atoms with E-state index in [1.54, 1.807) is 7.11 Å². The molecule has 118 valence electrons. The van der Waals surface area contributed by atoms with Gasteiger partial charge in [-0.05, 0) is 63.5 Å². The predicted octanol–water partition coefficient (Wildman–Crippen LogP) is 2.00. The molecule has 0 radical (unpaired) electrons. The quantitative estimate of drug-likeness (QED) is 0.872. The number of ether oxygens (including phenoxy) is 1. The minimum absolute atomic E-state index is 0.162. The fourth-order valence-corrected chi connectivity index (χ4v) is 3.30. The molecule has 4 nitrogen and oxygen atoms in total. The highest BCUT2D eigenvalue weighted by atomic mass is 16.5. The molecule has 0 spiro atoms. The third-order valence-electron chi connectivity index (χ3n) is 4.56. The van der Waals surface area contributed by atoms with E-state index < -0.39 is 11.7 Å². The lowest BCUT2D eigenvalue weighted by Gasteiger charge is -2.43. The fourth-order valence-electron chi connectivity index (χ4n) is 3.30. The van der Waals surface area contributed by atoms with E-state index in [1.807, 2.05) is 38.4 Å². The molecule has 3 atom stereocenters. The zero-order chi connectivity index (χ0) is 15.5. The van der Waals surface area contributed by atoms with Gasteiger partial charge in [0.25, 0.3) is 0 Å². The number of hydrogen-bond acceptors (Lipinski definition) is 4. The van der Waals surface area contributed by atoms with E-state index in [1.165, 1.54) is 0 Å². The second-order valence-electron chi connectivity index (χ2n) is 6.38. The van der Waals surface area contributed by atoms with Gasteiger partial charge >= 0.3 is 0 Å². The molecule has 4 heteroatoms. The Balaban J connectivity index is 2.27. The van der Waals surface area contributed by atoms with Crippen LogP contribution in [0.3, 0.4) is 0 Å². The topological polar surface area (TPSA) is 52.9 Å². The Kier molecular flexibility index (Phi) is 5.25. The maximum atomic E-state index is 11.3. The van der Waals surface area contributed by atoms with Gasteiger partial charge in [0.1, 0.15) is 5.75 Å². The number of benzene rings is 1. The molecule has 2 N–H and O–H groups in total. The van der Waals surface area contributed by atoms with Crippen molar-refractivity contribution in [1.82, 2.24) is 4.90 Å². The van der Waals surface area contributed by atoms with Gasteiger partial charge in [-0.2, -0.15) is 0 Å². The van der Waals surface area contributed by atoms with Gasteiger partial charge in [-0.25, -0.2) is 0 Å². The molecule has 0 amide bonds. The molecular weight excluding hydrogens is 266 g/mol. The van der Waals surface area contributed by atoms with E-state index >= 15 is 0 Å². The van der Waals surface area contributed by atoms with Crippen molar-refractivity contribution in [2.45, 2.75) is 37.4 Å². The van der Waals surface area contributed by atoms with Gasteiger partial charge in [0.2, 0.25) is 0 Å². The summed E-state index contributed by atoms with van der Waals surface area (Å²) in [6.07, 6.45) is 2.51. The Bertz CT molecular complexity index is 463. The lowest BCUT2D eigenvalue weighted by Crippen LogP contribution is -2.43. The van der Waals surface area contributed by atoms with E-state index in [0.29, 0.717) is 6.42 Å². The van der Waals surface area contributed by atoms with Crippen molar-refractivity contribution in [1.29, 1.82) is 0 Å². The smallest absolute Gasteiger partial charge is 0.119 e. The summed E-state index contributed by atoms with van der Waals surface area (Å²) in [4.78, 5) is 2.14. The number of rotatable bonds is 5. The molecule has 0 bridgehead atoms. The highest BCUT2D eigenvalue weighted by molar-refractivity contribution is 5.33. The molecule has 1 aromatic rings. The first-order valence-electron chi connectivity index (χ1n) is 7.65. The highest BCUT2D eigenvalue weighted by Gasteiger charge is 2.43. The molecule has 0 heterocycles. The van der Waals surface area contributed by atoms with Gasteiger partial charge in [0.15, 0.2) is 0 Å². The van der Waals surface area contributed by atoms with Crippen molar-refractivity contribution < 1.29 is 14.9 Å². The van der Waals surface area contributed by atoms with Crippen LogP contribution in [0.4, 0.5) is 0 Å². The number of nitrogens with zero attached hydrogens (tertiary/aromatic N) is 1. The SMILES string of the molecule is COc1cccc([C@@]2(O)C[C@H](O)CC[C@@H]2CCN(C)C)c1. The molecule has 0 aliphatic heterocycles. The fraction of sp³-hybridized carbons (Fsp3) is 0.647. The van der Waals surface area contributed by atoms with Gasteiger partial charge in [-0.3, -0.25) is 0 Å². The predicted molar refractivity (Wildman–Crippen MR) is 83.4 cm³/mol. The van der Waals surface area contributed by atoms with Crippen molar-refractivity contribution in [2.24, 2.45) is 5.92 Å². The Labute approximate surface area is 127 Å². The summed E-state index contributed by atoms with van der Waals surface area (Å²) in [7, 11) is 5.72. The average Bonchev–Trinajstić information content (AvgIpc) is 2.46. The maximum absolute atomic E-state index is 11.3. The van der Waals surface area contributed by atoms with Crippen LogP contribution in [0, 0.1) is 5.92 Å². The third kappa shape index (κ3) is 3.76. The molecule has 1 aromatic carbocycles. The van der Waals surface area contributed by atoms with Crippen LogP contribution in [0.5, 0.6) is 5.75 Å². The first-order chi connectivity index (χ1) is 9.95. The number of hydrogen-bond donors (Lipinski definition) is 2. The molecule has 2 rings (SSSR count). The highest BCUT2D eigenvalue weighted by Crippen LogP contribution is 2.44. The minimum Gasteiger partial charge on any atom is -0.497 e. The first-order valence-corrected chi connectivity index (χ1v) is 7.65. The molecule has 0 saturated heterocycles. The van der Waals surface area contributed by atoms with Crippen LogP contribution in [0.15, 0.2) is 24.3 Å². The largest absolute Gasteiger partial charge is 0.497 e. The van der Waals surface area contributed by atoms with Crippen LogP contribution in [0.2, 0.25) is 0 Å². The number of methoxy groups -OCH3 is 1. The van der Waals surface area contributed by atoms with Crippen LogP contribution in [0.25, 0.3) is 0 Å². The molecule has 0 unspecified atom stereocenters. The van der Waals surface area contributed by atoms with E-state index in [-0.39, 0.29) is 5.92 Å². The second kappa shape index (κ2) is 6.77. The zero-order valence-corrected chi connectivity index (χ0v) is 13.2. The lowest BCUT2D eigenvalue weighted by molar-refractivity contribution is -0.0974. The summed E-state index contributed by atoms with van der Waals surface area (Å²) in [6, 6.07) is 7.60. The summed E-state index contributed by atoms with van der Waals surface area (Å²) in [5, 5.41) is 21.3. The summed E-state index contributed by atoms with van der Waals surface area (Å²) in [5.74, 6) is 0.905. The van der Waals surface area contributed by atoms with Crippen LogP contribution in [0.1, 0.15) is 31.2 Å². The van der Waals surface area contributed by atoms with Crippen LogP contribution in [-0.4, -0.2) is 49.0 Å². The number of aliphatic hydroxyl groups excluding tert-OH is 1. The average molecular weight is 293 g/mol. The van der Waals surface area contributed by atoms with Crippen molar-refractivity contribution in [3.8, 4) is 5.75 Å². The van der Waals surface area contributed by atoms with Crippen molar-refractivity contribution in [2.75, 3.05) is 27.7 Å². The lowest BCUT2D eigenvalue weighted by atomic mass is 9.69. The van der Waals surface area contributed by atoms with Gasteiger partial charge in [0, 0.05) is 6.42 Å². The van der Waals surface area contributed by atoms with Gasteiger partial charge in [-0.1, -0.05) is 12.1 Å². The number of aliphatic hydroxyl groups is 2. The molecule has 1 aliphatic rings. The van der Waals surface area contributed by atoms with Crippen LogP contribution < -0.4 is 4.74 Å². The summed E-state index contributed by atoms with van der Waals surface area (Å²) < 4.78 is 5.27. The van der Waals surface area contributed by atoms with Crippen molar-refractivity contribution in [3.63, 3.8) is 0 Å². The van der Waals surface area contributed by atoms with Gasteiger partial charge in [-0.15, -0.1) is 0 Å². The Morgan fingerprint density at radius 1 is 1.33 bits per heavy atom.